The highest BCUT2D eigenvalue weighted by Gasteiger charge is 2.04. The van der Waals surface area contributed by atoms with E-state index in [0.29, 0.717) is 5.88 Å². The van der Waals surface area contributed by atoms with Crippen molar-refractivity contribution in [2.45, 2.75) is 20.3 Å². The minimum absolute atomic E-state index is 0.612. The number of alkyl halides is 1. The molecule has 0 spiro atoms. The molecule has 1 aromatic heterocycles. The maximum absolute atomic E-state index is 5.67. The summed E-state index contributed by atoms with van der Waals surface area (Å²) in [6.07, 6.45) is 0.936. The summed E-state index contributed by atoms with van der Waals surface area (Å²) in [5, 5.41) is 0. The molecule has 0 atom stereocenters. The third-order valence-corrected chi connectivity index (χ3v) is 2.22. The molecule has 0 N–H and O–H groups in total. The third kappa shape index (κ3) is 2.84. The van der Waals surface area contributed by atoms with E-state index >= 15 is 0 Å². The SMILES string of the molecule is CCc1cc(N(C)CCCl)nc(C)n1. The Morgan fingerprint density at radius 2 is 2.14 bits per heavy atom. The van der Waals surface area contributed by atoms with Crippen LogP contribution in [0.3, 0.4) is 0 Å². The summed E-state index contributed by atoms with van der Waals surface area (Å²) in [4.78, 5) is 10.7. The topological polar surface area (TPSA) is 29.0 Å². The van der Waals surface area contributed by atoms with Gasteiger partial charge in [-0.2, -0.15) is 0 Å². The van der Waals surface area contributed by atoms with Gasteiger partial charge >= 0.3 is 0 Å². The van der Waals surface area contributed by atoms with Crippen molar-refractivity contribution in [2.75, 3.05) is 24.4 Å². The van der Waals surface area contributed by atoms with Gasteiger partial charge in [0.1, 0.15) is 11.6 Å². The summed E-state index contributed by atoms with van der Waals surface area (Å²) < 4.78 is 0. The van der Waals surface area contributed by atoms with Crippen molar-refractivity contribution < 1.29 is 0 Å². The van der Waals surface area contributed by atoms with E-state index in [1.54, 1.807) is 0 Å². The molecule has 1 aromatic rings. The number of hydrogen-bond donors (Lipinski definition) is 0. The van der Waals surface area contributed by atoms with Crippen LogP contribution in [0.15, 0.2) is 6.07 Å². The predicted octanol–water partition coefficient (Wildman–Crippen LogP) is 2.02. The Kier molecular flexibility index (Phi) is 4.14. The van der Waals surface area contributed by atoms with Gasteiger partial charge in [-0.05, 0) is 13.3 Å². The molecule has 1 rings (SSSR count). The molecule has 78 valence electrons. The van der Waals surface area contributed by atoms with Crippen LogP contribution in [0.5, 0.6) is 0 Å². The van der Waals surface area contributed by atoms with Gasteiger partial charge in [0.15, 0.2) is 0 Å². The van der Waals surface area contributed by atoms with Crippen LogP contribution in [0.4, 0.5) is 5.82 Å². The molecule has 1 heterocycles. The zero-order valence-electron chi connectivity index (χ0n) is 8.92. The summed E-state index contributed by atoms with van der Waals surface area (Å²) in [7, 11) is 1.99. The first kappa shape index (κ1) is 11.2. The van der Waals surface area contributed by atoms with E-state index in [1.165, 1.54) is 0 Å². The molecular weight excluding hydrogens is 198 g/mol. The molecule has 0 aromatic carbocycles. The molecule has 0 fully saturated rings. The van der Waals surface area contributed by atoms with Crippen LogP contribution in [0, 0.1) is 6.92 Å². The summed E-state index contributed by atoms with van der Waals surface area (Å²) >= 11 is 5.67. The Morgan fingerprint density at radius 3 is 2.71 bits per heavy atom. The number of aryl methyl sites for hydroxylation is 2. The Balaban J connectivity index is 2.90. The molecule has 0 aliphatic carbocycles. The smallest absolute Gasteiger partial charge is 0.132 e. The molecule has 0 saturated carbocycles. The van der Waals surface area contributed by atoms with E-state index in [2.05, 4.69) is 16.9 Å². The van der Waals surface area contributed by atoms with Gasteiger partial charge in [0.25, 0.3) is 0 Å². The van der Waals surface area contributed by atoms with Crippen molar-refractivity contribution in [3.05, 3.63) is 17.6 Å². The largest absolute Gasteiger partial charge is 0.358 e. The molecule has 0 aliphatic rings. The lowest BCUT2D eigenvalue weighted by Crippen LogP contribution is -2.21. The van der Waals surface area contributed by atoms with Crippen molar-refractivity contribution in [1.29, 1.82) is 0 Å². The van der Waals surface area contributed by atoms with Crippen LogP contribution >= 0.6 is 11.6 Å². The number of aromatic nitrogens is 2. The van der Waals surface area contributed by atoms with Crippen LogP contribution < -0.4 is 4.90 Å². The zero-order chi connectivity index (χ0) is 10.6. The van der Waals surface area contributed by atoms with Crippen LogP contribution in [0.25, 0.3) is 0 Å². The second-order valence-electron chi connectivity index (χ2n) is 3.23. The lowest BCUT2D eigenvalue weighted by molar-refractivity contribution is 0.887. The number of rotatable bonds is 4. The van der Waals surface area contributed by atoms with E-state index in [-0.39, 0.29) is 0 Å². The van der Waals surface area contributed by atoms with Crippen molar-refractivity contribution in [3.63, 3.8) is 0 Å². The van der Waals surface area contributed by atoms with Crippen molar-refractivity contribution in [1.82, 2.24) is 9.97 Å². The van der Waals surface area contributed by atoms with Gasteiger partial charge in [0.05, 0.1) is 0 Å². The minimum Gasteiger partial charge on any atom is -0.358 e. The molecule has 3 nitrogen and oxygen atoms in total. The van der Waals surface area contributed by atoms with E-state index in [0.717, 1.165) is 30.3 Å². The van der Waals surface area contributed by atoms with Crippen LogP contribution in [0.1, 0.15) is 18.4 Å². The molecule has 14 heavy (non-hydrogen) atoms. The molecule has 4 heteroatoms. The summed E-state index contributed by atoms with van der Waals surface area (Å²) in [6, 6.07) is 2.01. The molecular formula is C10H16ClN3. The Bertz CT molecular complexity index is 301. The van der Waals surface area contributed by atoms with Crippen molar-refractivity contribution >= 4 is 17.4 Å². The lowest BCUT2D eigenvalue weighted by atomic mass is 10.3. The standard InChI is InChI=1S/C10H16ClN3/c1-4-9-7-10(13-8(2)12-9)14(3)6-5-11/h7H,4-6H2,1-3H3. The first-order chi connectivity index (χ1) is 6.67. The first-order valence-corrected chi connectivity index (χ1v) is 5.32. The minimum atomic E-state index is 0.612. The highest BCUT2D eigenvalue weighted by atomic mass is 35.5. The molecule has 0 bridgehead atoms. The third-order valence-electron chi connectivity index (χ3n) is 2.05. The zero-order valence-corrected chi connectivity index (χ0v) is 9.67. The fraction of sp³-hybridized carbons (Fsp3) is 0.600. The van der Waals surface area contributed by atoms with Gasteiger partial charge in [-0.25, -0.2) is 9.97 Å². The normalized spacial score (nSPS) is 10.3. The lowest BCUT2D eigenvalue weighted by Gasteiger charge is -2.17. The quantitative estimate of drug-likeness (QED) is 0.717. The van der Waals surface area contributed by atoms with Gasteiger partial charge in [-0.15, -0.1) is 11.6 Å². The highest BCUT2D eigenvalue weighted by molar-refractivity contribution is 6.18. The van der Waals surface area contributed by atoms with Gasteiger partial charge in [-0.1, -0.05) is 6.92 Å². The van der Waals surface area contributed by atoms with Crippen molar-refractivity contribution in [2.24, 2.45) is 0 Å². The first-order valence-electron chi connectivity index (χ1n) is 4.79. The fourth-order valence-electron chi connectivity index (χ4n) is 1.23. The number of halogens is 1. The molecule has 0 amide bonds. The Morgan fingerprint density at radius 1 is 1.43 bits per heavy atom. The molecule has 0 radical (unpaired) electrons. The average Bonchev–Trinajstić information content (AvgIpc) is 2.17. The van der Waals surface area contributed by atoms with E-state index in [9.17, 15) is 0 Å². The summed E-state index contributed by atoms with van der Waals surface area (Å²) in [5.41, 5.74) is 1.08. The summed E-state index contributed by atoms with van der Waals surface area (Å²) in [5.74, 6) is 2.39. The molecule has 0 unspecified atom stereocenters. The maximum atomic E-state index is 5.67. The van der Waals surface area contributed by atoms with Crippen LogP contribution in [0.2, 0.25) is 0 Å². The van der Waals surface area contributed by atoms with Crippen LogP contribution in [-0.2, 0) is 6.42 Å². The maximum Gasteiger partial charge on any atom is 0.132 e. The second kappa shape index (κ2) is 5.15. The Hall–Kier alpha value is -0.830. The number of hydrogen-bond acceptors (Lipinski definition) is 3. The molecule has 0 saturated heterocycles. The monoisotopic (exact) mass is 213 g/mol. The van der Waals surface area contributed by atoms with E-state index in [1.807, 2.05) is 24.9 Å². The van der Waals surface area contributed by atoms with Gasteiger partial charge < -0.3 is 4.90 Å². The van der Waals surface area contributed by atoms with Gasteiger partial charge in [0.2, 0.25) is 0 Å². The average molecular weight is 214 g/mol. The highest BCUT2D eigenvalue weighted by Crippen LogP contribution is 2.11. The van der Waals surface area contributed by atoms with Gasteiger partial charge in [0, 0.05) is 31.2 Å². The second-order valence-corrected chi connectivity index (χ2v) is 3.61. The molecule has 0 aliphatic heterocycles. The van der Waals surface area contributed by atoms with E-state index < -0.39 is 0 Å². The Labute approximate surface area is 90.1 Å². The number of nitrogens with zero attached hydrogens (tertiary/aromatic N) is 3. The van der Waals surface area contributed by atoms with E-state index in [4.69, 9.17) is 11.6 Å². The fourth-order valence-corrected chi connectivity index (χ4v) is 1.48. The number of anilines is 1. The van der Waals surface area contributed by atoms with Crippen molar-refractivity contribution in [3.8, 4) is 0 Å². The van der Waals surface area contributed by atoms with Crippen LogP contribution in [-0.4, -0.2) is 29.4 Å². The van der Waals surface area contributed by atoms with Gasteiger partial charge in [-0.3, -0.25) is 0 Å². The summed E-state index contributed by atoms with van der Waals surface area (Å²) in [6.45, 7) is 4.81. The predicted molar refractivity (Wildman–Crippen MR) is 60.1 cm³/mol.